The van der Waals surface area contributed by atoms with Gasteiger partial charge in [-0.1, -0.05) is 50.8 Å². The molecule has 0 spiro atoms. The standard InChI is InChI=1S/C22H31N3O3S/c1-16(2)13-23-22(27)20-12-18(28-24-20)14-25(15-19-8-5-11-29-19)21(26)10-9-17-6-3-4-7-17/h5,8,11-12,16-17H,3-4,6-7,9-10,13-15H2,1-2H3,(H,23,27). The molecule has 29 heavy (non-hydrogen) atoms. The Kier molecular flexibility index (Phi) is 7.86. The highest BCUT2D eigenvalue weighted by Gasteiger charge is 2.22. The summed E-state index contributed by atoms with van der Waals surface area (Å²) >= 11 is 1.64. The summed E-state index contributed by atoms with van der Waals surface area (Å²) < 4.78 is 5.37. The second kappa shape index (κ2) is 10.6. The van der Waals surface area contributed by atoms with Crippen LogP contribution in [0.5, 0.6) is 0 Å². The van der Waals surface area contributed by atoms with Crippen LogP contribution < -0.4 is 5.32 Å². The van der Waals surface area contributed by atoms with E-state index in [1.807, 2.05) is 36.3 Å². The summed E-state index contributed by atoms with van der Waals surface area (Å²) in [6, 6.07) is 5.67. The van der Waals surface area contributed by atoms with Gasteiger partial charge < -0.3 is 14.7 Å². The van der Waals surface area contributed by atoms with Crippen molar-refractivity contribution in [1.82, 2.24) is 15.4 Å². The summed E-state index contributed by atoms with van der Waals surface area (Å²) in [6.45, 7) is 5.54. The minimum Gasteiger partial charge on any atom is -0.359 e. The molecule has 1 aliphatic carbocycles. The zero-order valence-electron chi connectivity index (χ0n) is 17.4. The Morgan fingerprint density at radius 1 is 1.31 bits per heavy atom. The van der Waals surface area contributed by atoms with Crippen molar-refractivity contribution in [1.29, 1.82) is 0 Å². The minimum atomic E-state index is -0.244. The molecule has 3 rings (SSSR count). The van der Waals surface area contributed by atoms with E-state index in [-0.39, 0.29) is 17.5 Å². The number of nitrogens with one attached hydrogen (secondary N) is 1. The van der Waals surface area contributed by atoms with Crippen LogP contribution >= 0.6 is 11.3 Å². The van der Waals surface area contributed by atoms with Gasteiger partial charge in [0.25, 0.3) is 5.91 Å². The van der Waals surface area contributed by atoms with Crippen LogP contribution in [-0.4, -0.2) is 28.4 Å². The van der Waals surface area contributed by atoms with Gasteiger partial charge in [-0.25, -0.2) is 0 Å². The molecule has 0 radical (unpaired) electrons. The van der Waals surface area contributed by atoms with E-state index >= 15 is 0 Å². The molecule has 0 aromatic carbocycles. The molecule has 0 aliphatic heterocycles. The molecule has 2 heterocycles. The number of amides is 2. The number of hydrogen-bond donors (Lipinski definition) is 1. The van der Waals surface area contributed by atoms with Crippen LogP contribution in [0.25, 0.3) is 0 Å². The van der Waals surface area contributed by atoms with Crippen molar-refractivity contribution in [2.75, 3.05) is 6.54 Å². The summed E-state index contributed by atoms with van der Waals surface area (Å²) in [4.78, 5) is 28.1. The number of thiophene rings is 1. The van der Waals surface area contributed by atoms with Crippen molar-refractivity contribution in [3.05, 3.63) is 39.9 Å². The zero-order chi connectivity index (χ0) is 20.6. The van der Waals surface area contributed by atoms with E-state index in [4.69, 9.17) is 4.52 Å². The average Bonchev–Trinajstić information content (AvgIpc) is 3.46. The Bertz CT molecular complexity index is 779. The van der Waals surface area contributed by atoms with Crippen molar-refractivity contribution in [3.63, 3.8) is 0 Å². The van der Waals surface area contributed by atoms with Gasteiger partial charge in [-0.3, -0.25) is 9.59 Å². The van der Waals surface area contributed by atoms with Gasteiger partial charge in [0.15, 0.2) is 11.5 Å². The first kappa shape index (κ1) is 21.6. The lowest BCUT2D eigenvalue weighted by Gasteiger charge is -2.21. The second-order valence-corrected chi connectivity index (χ2v) is 9.33. The van der Waals surface area contributed by atoms with Gasteiger partial charge in [-0.05, 0) is 29.7 Å². The molecule has 1 saturated carbocycles. The topological polar surface area (TPSA) is 75.4 Å². The van der Waals surface area contributed by atoms with E-state index in [0.717, 1.165) is 11.3 Å². The number of rotatable bonds is 10. The summed E-state index contributed by atoms with van der Waals surface area (Å²) in [6.07, 6.45) is 6.59. The molecule has 2 aromatic heterocycles. The number of carbonyl (C=O) groups excluding carboxylic acids is 2. The van der Waals surface area contributed by atoms with E-state index < -0.39 is 0 Å². The summed E-state index contributed by atoms with van der Waals surface area (Å²) in [5, 5.41) is 8.74. The van der Waals surface area contributed by atoms with Crippen LogP contribution in [0.15, 0.2) is 28.1 Å². The van der Waals surface area contributed by atoms with Crippen LogP contribution in [0, 0.1) is 11.8 Å². The molecule has 1 aliphatic rings. The maximum absolute atomic E-state index is 12.9. The highest BCUT2D eigenvalue weighted by Crippen LogP contribution is 2.29. The summed E-state index contributed by atoms with van der Waals surface area (Å²) in [7, 11) is 0. The third kappa shape index (κ3) is 6.70. The molecule has 158 valence electrons. The van der Waals surface area contributed by atoms with Crippen molar-refractivity contribution < 1.29 is 14.1 Å². The predicted molar refractivity (Wildman–Crippen MR) is 113 cm³/mol. The molecule has 1 N–H and O–H groups in total. The van der Waals surface area contributed by atoms with Gasteiger partial charge in [0, 0.05) is 23.9 Å². The lowest BCUT2D eigenvalue weighted by Crippen LogP contribution is -2.30. The lowest BCUT2D eigenvalue weighted by molar-refractivity contribution is -0.133. The summed E-state index contributed by atoms with van der Waals surface area (Å²) in [5.41, 5.74) is 0.259. The Balaban J connectivity index is 1.61. The number of hydrogen-bond acceptors (Lipinski definition) is 5. The first-order valence-electron chi connectivity index (χ1n) is 10.5. The van der Waals surface area contributed by atoms with Gasteiger partial charge in [0.05, 0.1) is 13.1 Å². The maximum atomic E-state index is 12.9. The van der Waals surface area contributed by atoms with Gasteiger partial charge in [0.2, 0.25) is 5.91 Å². The zero-order valence-corrected chi connectivity index (χ0v) is 18.2. The van der Waals surface area contributed by atoms with Crippen LogP contribution in [0.4, 0.5) is 0 Å². The molecule has 7 heteroatoms. The SMILES string of the molecule is CC(C)CNC(=O)c1cc(CN(Cc2cccs2)C(=O)CCC2CCCC2)on1. The molecule has 0 unspecified atom stereocenters. The molecule has 0 atom stereocenters. The second-order valence-electron chi connectivity index (χ2n) is 8.30. The van der Waals surface area contributed by atoms with Gasteiger partial charge in [0.1, 0.15) is 0 Å². The average molecular weight is 418 g/mol. The number of carbonyl (C=O) groups is 2. The molecule has 2 aromatic rings. The van der Waals surface area contributed by atoms with Crippen molar-refractivity contribution in [2.45, 2.75) is 65.5 Å². The minimum absolute atomic E-state index is 0.132. The van der Waals surface area contributed by atoms with Crippen LogP contribution in [0.2, 0.25) is 0 Å². The smallest absolute Gasteiger partial charge is 0.273 e. The summed E-state index contributed by atoms with van der Waals surface area (Å²) in [5.74, 6) is 1.47. The highest BCUT2D eigenvalue weighted by atomic mass is 32.1. The van der Waals surface area contributed by atoms with E-state index in [2.05, 4.69) is 10.5 Å². The lowest BCUT2D eigenvalue weighted by atomic mass is 10.0. The van der Waals surface area contributed by atoms with Crippen molar-refractivity contribution in [3.8, 4) is 0 Å². The molecular formula is C22H31N3O3S. The van der Waals surface area contributed by atoms with Gasteiger partial charge >= 0.3 is 0 Å². The van der Waals surface area contributed by atoms with Crippen molar-refractivity contribution >= 4 is 23.2 Å². The van der Waals surface area contributed by atoms with Crippen LogP contribution in [0.3, 0.4) is 0 Å². The Hall–Kier alpha value is -2.15. The van der Waals surface area contributed by atoms with Crippen molar-refractivity contribution in [2.24, 2.45) is 11.8 Å². The van der Waals surface area contributed by atoms with Gasteiger partial charge in [-0.2, -0.15) is 0 Å². The Morgan fingerprint density at radius 3 is 2.79 bits per heavy atom. The first-order valence-corrected chi connectivity index (χ1v) is 11.4. The van der Waals surface area contributed by atoms with Gasteiger partial charge in [-0.15, -0.1) is 11.3 Å². The largest absolute Gasteiger partial charge is 0.359 e. The fourth-order valence-electron chi connectivity index (χ4n) is 3.68. The molecule has 0 saturated heterocycles. The predicted octanol–water partition coefficient (Wildman–Crippen LogP) is 4.62. The molecule has 1 fully saturated rings. The third-order valence-corrected chi connectivity index (χ3v) is 6.19. The van der Waals surface area contributed by atoms with Crippen LogP contribution in [-0.2, 0) is 17.9 Å². The monoisotopic (exact) mass is 417 g/mol. The maximum Gasteiger partial charge on any atom is 0.273 e. The first-order chi connectivity index (χ1) is 14.0. The molecule has 0 bridgehead atoms. The van der Waals surface area contributed by atoms with E-state index in [9.17, 15) is 9.59 Å². The molecular weight excluding hydrogens is 386 g/mol. The van der Waals surface area contributed by atoms with Crippen LogP contribution in [0.1, 0.15) is 73.5 Å². The van der Waals surface area contributed by atoms with E-state index in [0.29, 0.717) is 43.7 Å². The fraction of sp³-hybridized carbons (Fsp3) is 0.591. The number of aromatic nitrogens is 1. The highest BCUT2D eigenvalue weighted by molar-refractivity contribution is 7.09. The number of nitrogens with zero attached hydrogens (tertiary/aromatic N) is 2. The molecule has 6 nitrogen and oxygen atoms in total. The molecule has 2 amide bonds. The quantitative estimate of drug-likeness (QED) is 0.612. The van der Waals surface area contributed by atoms with E-state index in [1.54, 1.807) is 17.4 Å². The fourth-order valence-corrected chi connectivity index (χ4v) is 4.40. The Labute approximate surface area is 176 Å². The van der Waals surface area contributed by atoms with E-state index in [1.165, 1.54) is 25.7 Å². The normalized spacial score (nSPS) is 14.4. The third-order valence-electron chi connectivity index (χ3n) is 5.33. The Morgan fingerprint density at radius 2 is 2.10 bits per heavy atom.